The highest BCUT2D eigenvalue weighted by molar-refractivity contribution is 5.94. The van der Waals surface area contributed by atoms with E-state index in [2.05, 4.69) is 24.1 Å². The summed E-state index contributed by atoms with van der Waals surface area (Å²) < 4.78 is 38.1. The van der Waals surface area contributed by atoms with E-state index in [1.54, 1.807) is 0 Å². The normalized spacial score (nSPS) is 25.7. The van der Waals surface area contributed by atoms with Crippen molar-refractivity contribution in [2.45, 2.75) is 45.3 Å². The van der Waals surface area contributed by atoms with E-state index in [1.807, 2.05) is 0 Å². The third-order valence-electron chi connectivity index (χ3n) is 5.88. The van der Waals surface area contributed by atoms with Crippen molar-refractivity contribution in [3.63, 3.8) is 0 Å². The molecule has 0 spiro atoms. The molecule has 0 aromatic heterocycles. The van der Waals surface area contributed by atoms with Gasteiger partial charge >= 0.3 is 6.18 Å². The fourth-order valence-corrected chi connectivity index (χ4v) is 4.05. The molecule has 1 aromatic rings. The van der Waals surface area contributed by atoms with Gasteiger partial charge in [-0.25, -0.2) is 0 Å². The van der Waals surface area contributed by atoms with Gasteiger partial charge in [-0.1, -0.05) is 13.0 Å². The number of anilines is 1. The second kappa shape index (κ2) is 7.62. The van der Waals surface area contributed by atoms with Gasteiger partial charge in [0.25, 0.3) is 0 Å². The van der Waals surface area contributed by atoms with E-state index in [-0.39, 0.29) is 30.2 Å². The molecule has 7 heteroatoms. The number of carbonyl (C=O) groups excluding carboxylic acids is 2. The minimum atomic E-state index is -4.45. The van der Waals surface area contributed by atoms with E-state index in [1.165, 1.54) is 12.1 Å². The summed E-state index contributed by atoms with van der Waals surface area (Å²) in [6, 6.07) is 5.04. The van der Waals surface area contributed by atoms with E-state index >= 15 is 0 Å². The van der Waals surface area contributed by atoms with Crippen LogP contribution in [0.4, 0.5) is 18.9 Å². The molecule has 2 fully saturated rings. The number of amides is 1. The van der Waals surface area contributed by atoms with Crippen LogP contribution >= 0.6 is 0 Å². The largest absolute Gasteiger partial charge is 0.416 e. The highest BCUT2D eigenvalue weighted by Gasteiger charge is 2.58. The number of halogens is 3. The van der Waals surface area contributed by atoms with Gasteiger partial charge in [-0.2, -0.15) is 13.2 Å². The summed E-state index contributed by atoms with van der Waals surface area (Å²) in [6.07, 6.45) is -3.22. The second-order valence-corrected chi connectivity index (χ2v) is 7.66. The monoisotopic (exact) mass is 382 g/mol. The van der Waals surface area contributed by atoms with Crippen LogP contribution < -0.4 is 5.32 Å². The lowest BCUT2D eigenvalue weighted by molar-refractivity contribution is -0.137. The first-order chi connectivity index (χ1) is 12.7. The minimum Gasteiger partial charge on any atom is -0.326 e. The van der Waals surface area contributed by atoms with Gasteiger partial charge in [-0.15, -0.1) is 0 Å². The Morgan fingerprint density at radius 3 is 2.48 bits per heavy atom. The Kier molecular flexibility index (Phi) is 5.60. The number of ketones is 1. The third kappa shape index (κ3) is 4.51. The topological polar surface area (TPSA) is 49.4 Å². The van der Waals surface area contributed by atoms with Crippen LogP contribution in [0.3, 0.4) is 0 Å². The average Bonchev–Trinajstić information content (AvgIpc) is 3.12. The first-order valence-electron chi connectivity index (χ1n) is 9.44. The number of benzene rings is 1. The van der Waals surface area contributed by atoms with Gasteiger partial charge in [0.2, 0.25) is 5.91 Å². The van der Waals surface area contributed by atoms with Crippen LogP contribution in [0.5, 0.6) is 0 Å². The Bertz CT molecular complexity index is 707. The van der Waals surface area contributed by atoms with Gasteiger partial charge < -0.3 is 10.2 Å². The quantitative estimate of drug-likeness (QED) is 0.776. The van der Waals surface area contributed by atoms with E-state index in [0.29, 0.717) is 17.9 Å². The summed E-state index contributed by atoms with van der Waals surface area (Å²) >= 11 is 0. The van der Waals surface area contributed by atoms with Gasteiger partial charge in [0.05, 0.1) is 5.56 Å². The molecule has 4 nitrogen and oxygen atoms in total. The van der Waals surface area contributed by atoms with Gasteiger partial charge in [0.15, 0.2) is 0 Å². The maximum Gasteiger partial charge on any atom is 0.416 e. The molecule has 2 unspecified atom stereocenters. The standard InChI is InChI=1S/C20H25F3N2O2/c1-3-12(2)25-10-15-16(11-25)19(15)17(26)7-8-18(27)24-14-6-4-5-13(9-14)20(21,22)23/h4-6,9,12,15-16,19H,3,7-8,10-11H2,1-2H3,(H,24,27)/t12?,15-,16+,19?. The van der Waals surface area contributed by atoms with Crippen LogP contribution in [0.2, 0.25) is 0 Å². The molecule has 1 aromatic carbocycles. The maximum atomic E-state index is 12.7. The zero-order valence-electron chi connectivity index (χ0n) is 15.6. The predicted octanol–water partition coefficient (Wildman–Crippen LogP) is 3.97. The van der Waals surface area contributed by atoms with E-state index in [0.717, 1.165) is 31.6 Å². The Balaban J connectivity index is 1.44. The summed E-state index contributed by atoms with van der Waals surface area (Å²) in [5.74, 6) is 0.561. The number of hydrogen-bond acceptors (Lipinski definition) is 3. The van der Waals surface area contributed by atoms with Gasteiger partial charge in [-0.05, 0) is 43.4 Å². The number of Topliss-reactive ketones (excluding diaryl/α,β-unsaturated/α-hetero) is 1. The maximum absolute atomic E-state index is 12.7. The molecule has 2 aliphatic rings. The van der Waals surface area contributed by atoms with Gasteiger partial charge in [-0.3, -0.25) is 9.59 Å². The molecule has 1 aliphatic carbocycles. The van der Waals surface area contributed by atoms with Crippen molar-refractivity contribution >= 4 is 17.4 Å². The van der Waals surface area contributed by atoms with E-state index in [4.69, 9.17) is 0 Å². The average molecular weight is 382 g/mol. The lowest BCUT2D eigenvalue weighted by Crippen LogP contribution is -2.34. The van der Waals surface area contributed by atoms with Crippen LogP contribution in [0.1, 0.15) is 38.7 Å². The van der Waals surface area contributed by atoms with Crippen LogP contribution in [0.25, 0.3) is 0 Å². The first-order valence-corrected chi connectivity index (χ1v) is 9.44. The lowest BCUT2D eigenvalue weighted by atomic mass is 10.1. The number of hydrogen-bond donors (Lipinski definition) is 1. The zero-order valence-corrected chi connectivity index (χ0v) is 15.6. The molecule has 1 aliphatic heterocycles. The number of likely N-dealkylation sites (tertiary alicyclic amines) is 1. The molecule has 0 bridgehead atoms. The van der Waals surface area contributed by atoms with Crippen LogP contribution in [-0.4, -0.2) is 35.7 Å². The highest BCUT2D eigenvalue weighted by Crippen LogP contribution is 2.53. The summed E-state index contributed by atoms with van der Waals surface area (Å²) in [6.45, 7) is 6.25. The van der Waals surface area contributed by atoms with Gasteiger partial charge in [0, 0.05) is 43.6 Å². The van der Waals surface area contributed by atoms with Crippen LogP contribution in [0.15, 0.2) is 24.3 Å². The first kappa shape index (κ1) is 19.9. The third-order valence-corrected chi connectivity index (χ3v) is 5.88. The number of nitrogens with zero attached hydrogens (tertiary/aromatic N) is 1. The number of fused-ring (bicyclic) bond motifs is 1. The Labute approximate surface area is 157 Å². The van der Waals surface area contributed by atoms with Crippen molar-refractivity contribution in [1.29, 1.82) is 0 Å². The molecule has 1 saturated heterocycles. The molecule has 1 amide bonds. The van der Waals surface area contributed by atoms with Crippen molar-refractivity contribution < 1.29 is 22.8 Å². The molecule has 0 radical (unpaired) electrons. The molecule has 4 atom stereocenters. The van der Waals surface area contributed by atoms with Crippen LogP contribution in [0, 0.1) is 17.8 Å². The van der Waals surface area contributed by atoms with Crippen molar-refractivity contribution in [2.75, 3.05) is 18.4 Å². The molecular formula is C20H25F3N2O2. The summed E-state index contributed by atoms with van der Waals surface area (Å²) in [5.41, 5.74) is -0.720. The van der Waals surface area contributed by atoms with E-state index < -0.39 is 17.6 Å². The Morgan fingerprint density at radius 1 is 1.22 bits per heavy atom. The number of carbonyl (C=O) groups is 2. The van der Waals surface area contributed by atoms with Gasteiger partial charge in [0.1, 0.15) is 5.78 Å². The molecule has 27 heavy (non-hydrogen) atoms. The van der Waals surface area contributed by atoms with E-state index in [9.17, 15) is 22.8 Å². The molecule has 1 heterocycles. The molecule has 1 N–H and O–H groups in total. The molecular weight excluding hydrogens is 357 g/mol. The van der Waals surface area contributed by atoms with Crippen molar-refractivity contribution in [3.8, 4) is 0 Å². The Morgan fingerprint density at radius 2 is 1.89 bits per heavy atom. The number of piperidine rings is 1. The number of alkyl halides is 3. The van der Waals surface area contributed by atoms with Crippen molar-refractivity contribution in [3.05, 3.63) is 29.8 Å². The predicted molar refractivity (Wildman–Crippen MR) is 96.1 cm³/mol. The highest BCUT2D eigenvalue weighted by atomic mass is 19.4. The van der Waals surface area contributed by atoms with Crippen molar-refractivity contribution in [2.24, 2.45) is 17.8 Å². The number of nitrogens with one attached hydrogen (secondary N) is 1. The fourth-order valence-electron chi connectivity index (χ4n) is 4.05. The lowest BCUT2D eigenvalue weighted by Gasteiger charge is -2.25. The SMILES string of the molecule is CCC(C)N1C[C@@H]2C(C(=O)CCC(=O)Nc3cccc(C(F)(F)F)c3)[C@@H]2C1. The zero-order chi connectivity index (χ0) is 19.8. The molecule has 1 saturated carbocycles. The second-order valence-electron chi connectivity index (χ2n) is 7.66. The minimum absolute atomic E-state index is 0.0000951. The molecule has 3 rings (SSSR count). The summed E-state index contributed by atoms with van der Waals surface area (Å²) in [5, 5.41) is 2.45. The number of rotatable bonds is 7. The Hall–Kier alpha value is -1.89. The summed E-state index contributed by atoms with van der Waals surface area (Å²) in [4.78, 5) is 26.8. The molecule has 148 valence electrons. The fraction of sp³-hybridized carbons (Fsp3) is 0.600. The van der Waals surface area contributed by atoms with Crippen molar-refractivity contribution in [1.82, 2.24) is 4.90 Å². The summed E-state index contributed by atoms with van der Waals surface area (Å²) in [7, 11) is 0. The smallest absolute Gasteiger partial charge is 0.326 e. The van der Waals surface area contributed by atoms with Crippen LogP contribution in [-0.2, 0) is 15.8 Å².